The summed E-state index contributed by atoms with van der Waals surface area (Å²) in [5, 5.41) is 9.04. The lowest BCUT2D eigenvalue weighted by atomic mass is 10.1. The van der Waals surface area contributed by atoms with Gasteiger partial charge in [-0.3, -0.25) is 0 Å². The Morgan fingerprint density at radius 1 is 1.44 bits per heavy atom. The summed E-state index contributed by atoms with van der Waals surface area (Å²) in [7, 11) is 0. The molecule has 18 heavy (non-hydrogen) atoms. The Hall–Kier alpha value is -1.56. The van der Waals surface area contributed by atoms with Crippen LogP contribution in [0.15, 0.2) is 12.1 Å². The zero-order chi connectivity index (χ0) is 13.1. The molecule has 3 heteroatoms. The lowest BCUT2D eigenvalue weighted by molar-refractivity contribution is 0.568. The van der Waals surface area contributed by atoms with Crippen molar-refractivity contribution in [3.05, 3.63) is 23.4 Å². The van der Waals surface area contributed by atoms with E-state index < -0.39 is 0 Å². The first-order valence-corrected chi connectivity index (χ1v) is 6.75. The van der Waals surface area contributed by atoms with Crippen molar-refractivity contribution in [3.63, 3.8) is 0 Å². The molecule has 3 nitrogen and oxygen atoms in total. The molecular weight excluding hydrogens is 222 g/mol. The van der Waals surface area contributed by atoms with Gasteiger partial charge in [-0.25, -0.2) is 4.98 Å². The number of pyridine rings is 1. The summed E-state index contributed by atoms with van der Waals surface area (Å²) in [6.07, 6.45) is 3.69. The summed E-state index contributed by atoms with van der Waals surface area (Å²) in [5.41, 5.74) is 1.65. The molecule has 0 radical (unpaired) electrons. The Balaban J connectivity index is 2.19. The van der Waals surface area contributed by atoms with Crippen LogP contribution >= 0.6 is 0 Å². The Bertz CT molecular complexity index is 455. The van der Waals surface area contributed by atoms with Crippen molar-refractivity contribution in [2.75, 3.05) is 11.4 Å². The predicted molar refractivity (Wildman–Crippen MR) is 73.5 cm³/mol. The molecule has 0 N–H and O–H groups in total. The summed E-state index contributed by atoms with van der Waals surface area (Å²) < 4.78 is 0. The van der Waals surface area contributed by atoms with E-state index in [1.807, 2.05) is 19.1 Å². The highest BCUT2D eigenvalue weighted by molar-refractivity contribution is 5.48. The minimum atomic E-state index is 0.643. The van der Waals surface area contributed by atoms with Gasteiger partial charge in [0.25, 0.3) is 0 Å². The van der Waals surface area contributed by atoms with E-state index in [0.717, 1.165) is 18.1 Å². The van der Waals surface area contributed by atoms with Crippen molar-refractivity contribution in [2.24, 2.45) is 5.92 Å². The fraction of sp³-hybridized carbons (Fsp3) is 0.600. The maximum absolute atomic E-state index is 9.04. The third kappa shape index (κ3) is 3.22. The van der Waals surface area contributed by atoms with Crippen LogP contribution < -0.4 is 4.90 Å². The molecule has 0 bridgehead atoms. The highest BCUT2D eigenvalue weighted by Gasteiger charge is 2.30. The van der Waals surface area contributed by atoms with Crippen LogP contribution in [0.1, 0.15) is 44.4 Å². The second-order valence-electron chi connectivity index (χ2n) is 5.57. The fourth-order valence-corrected chi connectivity index (χ4v) is 2.13. The van der Waals surface area contributed by atoms with Crippen LogP contribution in [-0.2, 0) is 0 Å². The monoisotopic (exact) mass is 243 g/mol. The van der Waals surface area contributed by atoms with E-state index in [-0.39, 0.29) is 0 Å². The quantitative estimate of drug-likeness (QED) is 0.796. The average molecular weight is 243 g/mol. The number of nitriles is 1. The molecule has 0 saturated heterocycles. The van der Waals surface area contributed by atoms with Gasteiger partial charge in [0, 0.05) is 18.3 Å². The number of aryl methyl sites for hydroxylation is 1. The zero-order valence-corrected chi connectivity index (χ0v) is 11.5. The van der Waals surface area contributed by atoms with Gasteiger partial charge in [0.1, 0.15) is 5.82 Å². The number of hydrogen-bond donors (Lipinski definition) is 0. The fourth-order valence-electron chi connectivity index (χ4n) is 2.13. The topological polar surface area (TPSA) is 39.9 Å². The standard InChI is InChI=1S/C15H21N3/c1-11(2)6-7-18(14-4-5-14)15-9-13(10-16)8-12(3)17-15/h8-9,11,14H,4-7H2,1-3H3. The molecule has 0 spiro atoms. The summed E-state index contributed by atoms with van der Waals surface area (Å²) >= 11 is 0. The van der Waals surface area contributed by atoms with E-state index in [1.165, 1.54) is 19.3 Å². The van der Waals surface area contributed by atoms with E-state index in [1.54, 1.807) is 0 Å². The average Bonchev–Trinajstić information content (AvgIpc) is 3.12. The molecule has 1 heterocycles. The van der Waals surface area contributed by atoms with Crippen LogP contribution in [0, 0.1) is 24.2 Å². The molecule has 0 unspecified atom stereocenters. The van der Waals surface area contributed by atoms with Gasteiger partial charge in [-0.15, -0.1) is 0 Å². The van der Waals surface area contributed by atoms with Gasteiger partial charge in [0.2, 0.25) is 0 Å². The Kier molecular flexibility index (Phi) is 3.86. The zero-order valence-electron chi connectivity index (χ0n) is 11.5. The van der Waals surface area contributed by atoms with Crippen molar-refractivity contribution < 1.29 is 0 Å². The summed E-state index contributed by atoms with van der Waals surface area (Å²) in [5.74, 6) is 1.68. The molecule has 1 aliphatic carbocycles. The van der Waals surface area contributed by atoms with E-state index in [2.05, 4.69) is 29.8 Å². The molecule has 96 valence electrons. The molecule has 0 amide bonds. The molecule has 1 saturated carbocycles. The van der Waals surface area contributed by atoms with Gasteiger partial charge >= 0.3 is 0 Å². The largest absolute Gasteiger partial charge is 0.354 e. The van der Waals surface area contributed by atoms with Gasteiger partial charge in [0.05, 0.1) is 11.6 Å². The smallest absolute Gasteiger partial charge is 0.130 e. The lowest BCUT2D eigenvalue weighted by Crippen LogP contribution is -2.28. The molecule has 1 aromatic heterocycles. The first-order chi connectivity index (χ1) is 8.60. The summed E-state index contributed by atoms with van der Waals surface area (Å²) in [6, 6.07) is 6.63. The van der Waals surface area contributed by atoms with Crippen molar-refractivity contribution >= 4 is 5.82 Å². The van der Waals surface area contributed by atoms with Crippen molar-refractivity contribution in [1.82, 2.24) is 4.98 Å². The van der Waals surface area contributed by atoms with E-state index in [9.17, 15) is 0 Å². The van der Waals surface area contributed by atoms with Crippen LogP contribution in [-0.4, -0.2) is 17.6 Å². The van der Waals surface area contributed by atoms with Crippen molar-refractivity contribution in [3.8, 4) is 6.07 Å². The van der Waals surface area contributed by atoms with Crippen LogP contribution in [0.25, 0.3) is 0 Å². The predicted octanol–water partition coefficient (Wildman–Crippen LogP) is 3.28. The van der Waals surface area contributed by atoms with E-state index >= 15 is 0 Å². The number of rotatable bonds is 5. The molecule has 0 aromatic carbocycles. The molecule has 1 aromatic rings. The van der Waals surface area contributed by atoms with Gasteiger partial charge in [-0.1, -0.05) is 13.8 Å². The van der Waals surface area contributed by atoms with Crippen LogP contribution in [0.4, 0.5) is 5.82 Å². The van der Waals surface area contributed by atoms with Gasteiger partial charge in [-0.05, 0) is 44.2 Å². The summed E-state index contributed by atoms with van der Waals surface area (Å²) in [6.45, 7) is 7.49. The normalized spacial score (nSPS) is 14.6. The van der Waals surface area contributed by atoms with Crippen LogP contribution in [0.3, 0.4) is 0 Å². The number of nitrogens with zero attached hydrogens (tertiary/aromatic N) is 3. The summed E-state index contributed by atoms with van der Waals surface area (Å²) in [4.78, 5) is 6.98. The molecule has 1 aliphatic rings. The van der Waals surface area contributed by atoms with Crippen molar-refractivity contribution in [1.29, 1.82) is 5.26 Å². The number of aromatic nitrogens is 1. The minimum absolute atomic E-state index is 0.643. The molecule has 0 aliphatic heterocycles. The maximum Gasteiger partial charge on any atom is 0.130 e. The second kappa shape index (κ2) is 5.39. The number of anilines is 1. The van der Waals surface area contributed by atoms with Crippen LogP contribution in [0.2, 0.25) is 0 Å². The van der Waals surface area contributed by atoms with Gasteiger partial charge < -0.3 is 4.90 Å². The minimum Gasteiger partial charge on any atom is -0.354 e. The van der Waals surface area contributed by atoms with Crippen molar-refractivity contribution in [2.45, 2.75) is 46.1 Å². The SMILES string of the molecule is Cc1cc(C#N)cc(N(CCC(C)C)C2CC2)n1. The molecule has 1 fully saturated rings. The first kappa shape index (κ1) is 12.9. The third-order valence-corrected chi connectivity index (χ3v) is 3.30. The van der Waals surface area contributed by atoms with Crippen LogP contribution in [0.5, 0.6) is 0 Å². The Morgan fingerprint density at radius 2 is 2.17 bits per heavy atom. The first-order valence-electron chi connectivity index (χ1n) is 6.75. The Morgan fingerprint density at radius 3 is 2.72 bits per heavy atom. The lowest BCUT2D eigenvalue weighted by Gasteiger charge is -2.25. The number of hydrogen-bond acceptors (Lipinski definition) is 3. The molecule has 2 rings (SSSR count). The van der Waals surface area contributed by atoms with E-state index in [0.29, 0.717) is 17.5 Å². The molecule has 0 atom stereocenters. The van der Waals surface area contributed by atoms with E-state index in [4.69, 9.17) is 5.26 Å². The third-order valence-electron chi connectivity index (χ3n) is 3.30. The van der Waals surface area contributed by atoms with Gasteiger partial charge in [0.15, 0.2) is 0 Å². The second-order valence-corrected chi connectivity index (χ2v) is 5.57. The highest BCUT2D eigenvalue weighted by Crippen LogP contribution is 2.31. The Labute approximate surface area is 109 Å². The van der Waals surface area contributed by atoms with Gasteiger partial charge in [-0.2, -0.15) is 5.26 Å². The highest BCUT2D eigenvalue weighted by atomic mass is 15.2. The molecular formula is C15H21N3. The maximum atomic E-state index is 9.04.